The highest BCUT2D eigenvalue weighted by molar-refractivity contribution is 8.59. The van der Waals surface area contributed by atoms with Gasteiger partial charge in [0.2, 0.25) is 5.91 Å². The number of thiol groups is 2. The number of alkyl carbamates (subject to hydrolysis) is 1. The number of carbonyl (C=O) groups excluding carboxylic acids is 3. The zero-order chi connectivity index (χ0) is 66.9. The Morgan fingerprint density at radius 2 is 1.26 bits per heavy atom. The van der Waals surface area contributed by atoms with Crippen molar-refractivity contribution in [1.82, 2.24) is 25.9 Å². The fourth-order valence-corrected chi connectivity index (χ4v) is 8.33. The number of hydrogen-bond donors (Lipinski definition) is 8. The van der Waals surface area contributed by atoms with E-state index in [9.17, 15) is 33.4 Å². The average molecular weight is 1270 g/mol. The van der Waals surface area contributed by atoms with Crippen molar-refractivity contribution in [2.24, 2.45) is 5.73 Å². The predicted molar refractivity (Wildman–Crippen MR) is 357 cm³/mol. The monoisotopic (exact) mass is 1270 g/mol. The Morgan fingerprint density at radius 3 is 1.82 bits per heavy atom. The number of aromatic nitrogens is 2. The molecule has 0 aliphatic heterocycles. The zero-order valence-electron chi connectivity index (χ0n) is 54.8. The van der Waals surface area contributed by atoms with E-state index in [1.807, 2.05) is 79.7 Å². The van der Waals surface area contributed by atoms with Crippen molar-refractivity contribution in [3.05, 3.63) is 183 Å². The predicted octanol–water partition coefficient (Wildman–Crippen LogP) is 14.3. The number of pyridine rings is 2. The van der Waals surface area contributed by atoms with Crippen LogP contribution in [-0.4, -0.2) is 83.2 Å². The van der Waals surface area contributed by atoms with Gasteiger partial charge in [0.15, 0.2) is 17.3 Å². The van der Waals surface area contributed by atoms with E-state index < -0.39 is 34.5 Å². The average Bonchev–Trinajstić information content (AvgIpc) is 4.16. The van der Waals surface area contributed by atoms with E-state index in [2.05, 4.69) is 44.3 Å². The standard InChI is InChI=1S/C34H42FN3O6.C29H34FN3O4.3C2H6.H2S2/c1-21(37-32(40)44-33(2,3)4)24-17-27(22-9-7-11-25(35)14-13-22)38-30(19-24)34(5,41)20-36-31(39)23-10-8-12-28(29(18-23)42-6)43-26-15-16-26;1-28(2,31)20-15-23(18-5-9-21(30)10-6-18)33-26(16-20)29(3,35)17-32-27(34)19-7-13-24(36-4)25(14-8-19)37-22-11-12-22;4*1-2/h8-9,11-14,17-19,21,26,41H,7,10,15-16,20H2,1-6H3,(H,36,39)(H,37,40);5-10,14-16,22,35H,11-13,17,31H2,1-4H3,(H,32,34);3*1-2H3;1-2H. The number of halogens is 2. The summed E-state index contributed by atoms with van der Waals surface area (Å²) in [6.45, 7) is 25.7. The van der Waals surface area contributed by atoms with Crippen molar-refractivity contribution in [3.8, 4) is 11.3 Å². The molecule has 0 bridgehead atoms. The van der Waals surface area contributed by atoms with Crippen molar-refractivity contribution in [3.63, 3.8) is 0 Å². The molecule has 2 heterocycles. The lowest BCUT2D eigenvalue weighted by atomic mass is 9.90. The van der Waals surface area contributed by atoms with Crippen LogP contribution in [0, 0.1) is 5.82 Å². The molecule has 5 aliphatic carbocycles. The molecule has 2 fully saturated rings. The summed E-state index contributed by atoms with van der Waals surface area (Å²) in [7, 11) is 3.11. The van der Waals surface area contributed by atoms with Gasteiger partial charge in [-0.25, -0.2) is 23.5 Å². The first kappa shape index (κ1) is 76.3. The molecule has 20 heteroatoms. The minimum absolute atomic E-state index is 0.0860. The summed E-state index contributed by atoms with van der Waals surface area (Å²) in [4.78, 5) is 48.1. The lowest BCUT2D eigenvalue weighted by Crippen LogP contribution is -2.40. The second-order valence-corrected chi connectivity index (χ2v) is 22.7. The van der Waals surface area contributed by atoms with Crippen LogP contribution >= 0.6 is 23.3 Å². The van der Waals surface area contributed by atoms with E-state index in [0.717, 1.165) is 31.2 Å². The minimum atomic E-state index is -1.61. The number of methoxy groups -OCH3 is 2. The van der Waals surface area contributed by atoms with Gasteiger partial charge in [-0.1, -0.05) is 65.8 Å². The molecular weight excluding hydrogens is 1170 g/mol. The van der Waals surface area contributed by atoms with Gasteiger partial charge < -0.3 is 55.6 Å². The molecule has 3 unspecified atom stereocenters. The summed E-state index contributed by atoms with van der Waals surface area (Å²) in [5.41, 5.74) is 7.13. The molecular formula is C69H96F2N6O10S2. The maximum absolute atomic E-state index is 13.9. The number of nitrogens with two attached hydrogens (primary N) is 1. The highest BCUT2D eigenvalue weighted by atomic mass is 33.1. The first-order valence-electron chi connectivity index (χ1n) is 30.4. The van der Waals surface area contributed by atoms with Gasteiger partial charge in [-0.05, 0) is 196 Å². The fraction of sp³-hybridized carbons (Fsp3) is 0.464. The van der Waals surface area contributed by atoms with E-state index in [1.165, 1.54) is 31.4 Å². The van der Waals surface area contributed by atoms with Gasteiger partial charge in [0, 0.05) is 28.7 Å². The van der Waals surface area contributed by atoms with Crippen molar-refractivity contribution in [1.29, 1.82) is 0 Å². The molecule has 16 nitrogen and oxygen atoms in total. The maximum atomic E-state index is 13.9. The largest absolute Gasteiger partial charge is 0.497 e. The molecule has 3 amide bonds. The van der Waals surface area contributed by atoms with Crippen LogP contribution in [-0.2, 0) is 50.0 Å². The third-order valence-corrected chi connectivity index (χ3v) is 13.5. The van der Waals surface area contributed by atoms with Crippen molar-refractivity contribution >= 4 is 46.8 Å². The molecule has 89 heavy (non-hydrogen) atoms. The Morgan fingerprint density at radius 1 is 0.685 bits per heavy atom. The number of rotatable bonds is 19. The number of carbonyl (C=O) groups is 3. The van der Waals surface area contributed by atoms with Crippen LogP contribution in [0.1, 0.15) is 176 Å². The van der Waals surface area contributed by atoms with E-state index in [-0.39, 0.29) is 54.4 Å². The van der Waals surface area contributed by atoms with Crippen LogP contribution in [0.15, 0.2) is 149 Å². The number of allylic oxidation sites excluding steroid dienone is 11. The number of hydrogen-bond acceptors (Lipinski definition) is 15. The molecule has 7 N–H and O–H groups in total. The van der Waals surface area contributed by atoms with Crippen molar-refractivity contribution in [2.75, 3.05) is 27.3 Å². The highest BCUT2D eigenvalue weighted by Gasteiger charge is 2.33. The lowest BCUT2D eigenvalue weighted by molar-refractivity contribution is -0.119. The molecule has 1 aromatic carbocycles. The minimum Gasteiger partial charge on any atom is -0.497 e. The Kier molecular flexibility index (Phi) is 30.9. The lowest BCUT2D eigenvalue weighted by Gasteiger charge is -2.27. The topological polar surface area (TPSA) is 226 Å². The summed E-state index contributed by atoms with van der Waals surface area (Å²) in [6.07, 6.45) is 21.7. The van der Waals surface area contributed by atoms with Crippen LogP contribution in [0.3, 0.4) is 0 Å². The van der Waals surface area contributed by atoms with Gasteiger partial charge in [0.05, 0.1) is 68.3 Å². The molecule has 2 saturated carbocycles. The molecule has 3 aromatic rings. The molecule has 0 spiro atoms. The summed E-state index contributed by atoms with van der Waals surface area (Å²) >= 11 is 6.44. The molecule has 3 atom stereocenters. The van der Waals surface area contributed by atoms with E-state index >= 15 is 0 Å². The second-order valence-electron chi connectivity index (χ2n) is 22.7. The zero-order valence-corrected chi connectivity index (χ0v) is 56.6. The number of nitrogens with zero attached hydrogens (tertiary/aromatic N) is 2. The maximum Gasteiger partial charge on any atom is 0.408 e. The third kappa shape index (κ3) is 24.7. The van der Waals surface area contributed by atoms with Gasteiger partial charge in [0.25, 0.3) is 5.91 Å². The van der Waals surface area contributed by atoms with Gasteiger partial charge >= 0.3 is 6.09 Å². The van der Waals surface area contributed by atoms with Crippen LogP contribution in [0.25, 0.3) is 16.8 Å². The van der Waals surface area contributed by atoms with Gasteiger partial charge in [-0.3, -0.25) is 9.59 Å². The van der Waals surface area contributed by atoms with E-state index in [0.29, 0.717) is 87.2 Å². The Bertz CT molecular complexity index is 3140. The highest BCUT2D eigenvalue weighted by Crippen LogP contribution is 2.34. The molecule has 5 aliphatic rings. The molecule has 8 rings (SSSR count). The Hall–Kier alpha value is -6.97. The summed E-state index contributed by atoms with van der Waals surface area (Å²) < 4.78 is 55.6. The first-order valence-corrected chi connectivity index (χ1v) is 32.0. The van der Waals surface area contributed by atoms with Gasteiger partial charge in [-0.15, -0.1) is 23.3 Å². The van der Waals surface area contributed by atoms with E-state index in [1.54, 1.807) is 109 Å². The molecule has 488 valence electrons. The third-order valence-electron chi connectivity index (χ3n) is 13.5. The quantitative estimate of drug-likeness (QED) is 0.0413. The second kappa shape index (κ2) is 36.0. The van der Waals surface area contributed by atoms with Crippen molar-refractivity contribution < 1.29 is 57.1 Å². The van der Waals surface area contributed by atoms with Gasteiger partial charge in [0.1, 0.15) is 34.2 Å². The Balaban J connectivity index is 0.000000423. The fourth-order valence-electron chi connectivity index (χ4n) is 8.33. The van der Waals surface area contributed by atoms with Crippen LogP contribution in [0.4, 0.5) is 13.6 Å². The summed E-state index contributed by atoms with van der Waals surface area (Å²) in [5, 5.41) is 31.4. The molecule has 0 saturated heterocycles. The van der Waals surface area contributed by atoms with Crippen LogP contribution in [0.5, 0.6) is 0 Å². The van der Waals surface area contributed by atoms with Crippen molar-refractivity contribution in [2.45, 2.75) is 182 Å². The van der Waals surface area contributed by atoms with E-state index in [4.69, 9.17) is 34.4 Å². The number of amides is 3. The number of benzene rings is 1. The normalized spacial score (nSPS) is 16.9. The van der Waals surface area contributed by atoms with Crippen LogP contribution in [0.2, 0.25) is 0 Å². The first-order chi connectivity index (χ1) is 42.2. The Labute approximate surface area is 537 Å². The number of ether oxygens (including phenoxy) is 5. The molecule has 0 radical (unpaired) electrons. The summed E-state index contributed by atoms with van der Waals surface area (Å²) in [6, 6.07) is 12.5. The molecule has 2 aromatic heterocycles. The van der Waals surface area contributed by atoms with Crippen LogP contribution < -0.4 is 21.7 Å². The number of aliphatic hydroxyl groups is 2. The number of nitrogens with one attached hydrogen (secondary N) is 3. The smallest absolute Gasteiger partial charge is 0.408 e. The SMILES string of the molecule is CC.CC.CC.COC1=C(OC2CC2)C=CC(C(=O)NCC(C)(O)c2cc(C(C)(C)N)cc(-c3ccc(F)cc3)n2)=CC1.COC1=C(OC2CC2)C=CCC(C(=O)NCC(C)(O)c2cc(C(C)NC(=O)OC(C)(C)C)cc(C3=CCC=C(F)C=C3)n2)=C1.SS. The summed E-state index contributed by atoms with van der Waals surface area (Å²) in [5.74, 6) is 0.926. The van der Waals surface area contributed by atoms with Gasteiger partial charge in [-0.2, -0.15) is 0 Å².